The number of carbonyl (C=O) groups is 2. The smallest absolute Gasteiger partial charge is 0.241 e. The Morgan fingerprint density at radius 2 is 1.81 bits per heavy atom. The minimum atomic E-state index is -0.920. The van der Waals surface area contributed by atoms with Crippen molar-refractivity contribution in [2.75, 3.05) is 27.7 Å². The Balaban J connectivity index is 3.00. The number of nitrogens with two attached hydrogens (primary N) is 1. The van der Waals surface area contributed by atoms with Crippen molar-refractivity contribution in [3.63, 3.8) is 0 Å². The quantitative estimate of drug-likeness (QED) is 0.347. The number of rotatable bonds is 5. The van der Waals surface area contributed by atoms with Gasteiger partial charge in [0.1, 0.15) is 5.92 Å². The molecular weight excluding hydrogens is 272 g/mol. The number of amidine groups is 1. The van der Waals surface area contributed by atoms with Gasteiger partial charge in [-0.25, -0.2) is 0 Å². The molecule has 0 saturated heterocycles. The number of likely N-dealkylation sites (N-methyl/N-ethyl adjacent to an activating group) is 2. The van der Waals surface area contributed by atoms with Crippen molar-refractivity contribution in [2.45, 2.75) is 5.92 Å². The Morgan fingerprint density at radius 3 is 2.29 bits per heavy atom. The Morgan fingerprint density at radius 1 is 1.24 bits per heavy atom. The second-order valence-corrected chi connectivity index (χ2v) is 4.85. The van der Waals surface area contributed by atoms with E-state index in [2.05, 4.69) is 5.16 Å². The fourth-order valence-electron chi connectivity index (χ4n) is 1.79. The molecule has 0 aromatic heterocycles. The van der Waals surface area contributed by atoms with E-state index in [0.29, 0.717) is 5.56 Å². The van der Waals surface area contributed by atoms with Crippen LogP contribution in [0.5, 0.6) is 0 Å². The number of hydrogen-bond acceptors (Lipinski definition) is 4. The maximum Gasteiger partial charge on any atom is 0.241 e. The third-order valence-electron chi connectivity index (χ3n) is 3.04. The topological polar surface area (TPSA) is 99.2 Å². The van der Waals surface area contributed by atoms with E-state index < -0.39 is 11.8 Å². The van der Waals surface area contributed by atoms with Crippen LogP contribution in [0, 0.1) is 0 Å². The van der Waals surface area contributed by atoms with Gasteiger partial charge in [0.15, 0.2) is 5.84 Å². The van der Waals surface area contributed by atoms with Crippen LogP contribution in [0.15, 0.2) is 35.5 Å². The summed E-state index contributed by atoms with van der Waals surface area (Å²) in [6.07, 6.45) is 0. The molecule has 0 fully saturated rings. The van der Waals surface area contributed by atoms with Gasteiger partial charge < -0.3 is 20.7 Å². The van der Waals surface area contributed by atoms with Gasteiger partial charge >= 0.3 is 0 Å². The molecule has 21 heavy (non-hydrogen) atoms. The van der Waals surface area contributed by atoms with Crippen LogP contribution < -0.4 is 5.73 Å². The first-order valence-electron chi connectivity index (χ1n) is 6.36. The fraction of sp³-hybridized carbons (Fsp3) is 0.357. The zero-order chi connectivity index (χ0) is 16.0. The molecule has 2 amide bonds. The van der Waals surface area contributed by atoms with Gasteiger partial charge in [0.05, 0.1) is 6.54 Å². The first kappa shape index (κ1) is 16.5. The lowest BCUT2D eigenvalue weighted by Crippen LogP contribution is -2.43. The van der Waals surface area contributed by atoms with E-state index in [1.807, 2.05) is 0 Å². The van der Waals surface area contributed by atoms with E-state index in [9.17, 15) is 9.59 Å². The Kier molecular flexibility index (Phi) is 5.71. The molecule has 1 unspecified atom stereocenters. The third-order valence-corrected chi connectivity index (χ3v) is 3.04. The molecule has 3 N–H and O–H groups in total. The summed E-state index contributed by atoms with van der Waals surface area (Å²) in [5.74, 6) is -1.75. The SMILES string of the molecule is CN(C)C(=O)CN(C)C(=O)C(C(N)=NO)c1ccccc1. The number of nitrogens with zero attached hydrogens (tertiary/aromatic N) is 3. The predicted octanol–water partition coefficient (Wildman–Crippen LogP) is 0.0632. The first-order chi connectivity index (χ1) is 9.88. The summed E-state index contributed by atoms with van der Waals surface area (Å²) >= 11 is 0. The molecule has 1 atom stereocenters. The molecule has 0 heterocycles. The molecule has 0 aliphatic carbocycles. The average molecular weight is 292 g/mol. The molecule has 0 radical (unpaired) electrons. The van der Waals surface area contributed by atoms with Crippen molar-refractivity contribution in [2.24, 2.45) is 10.9 Å². The highest BCUT2D eigenvalue weighted by Gasteiger charge is 2.29. The first-order valence-corrected chi connectivity index (χ1v) is 6.36. The normalized spacial score (nSPS) is 12.6. The lowest BCUT2D eigenvalue weighted by Gasteiger charge is -2.24. The van der Waals surface area contributed by atoms with Crippen molar-refractivity contribution in [1.29, 1.82) is 0 Å². The number of hydrogen-bond donors (Lipinski definition) is 2. The second kappa shape index (κ2) is 7.28. The van der Waals surface area contributed by atoms with Crippen LogP contribution in [0.1, 0.15) is 11.5 Å². The predicted molar refractivity (Wildman–Crippen MR) is 78.9 cm³/mol. The number of benzene rings is 1. The molecular formula is C14H20N4O3. The zero-order valence-corrected chi connectivity index (χ0v) is 12.4. The molecule has 0 aliphatic heterocycles. The van der Waals surface area contributed by atoms with Gasteiger partial charge in [-0.2, -0.15) is 0 Å². The summed E-state index contributed by atoms with van der Waals surface area (Å²) in [6, 6.07) is 8.73. The van der Waals surface area contributed by atoms with Gasteiger partial charge in [0.2, 0.25) is 11.8 Å². The average Bonchev–Trinajstić information content (AvgIpc) is 2.47. The summed E-state index contributed by atoms with van der Waals surface area (Å²) in [6.45, 7) is -0.0755. The van der Waals surface area contributed by atoms with E-state index in [-0.39, 0.29) is 18.3 Å². The molecule has 1 aromatic carbocycles. The number of oxime groups is 1. The van der Waals surface area contributed by atoms with Crippen LogP contribution in [0.2, 0.25) is 0 Å². The summed E-state index contributed by atoms with van der Waals surface area (Å²) in [5.41, 5.74) is 6.23. The highest BCUT2D eigenvalue weighted by Crippen LogP contribution is 2.18. The summed E-state index contributed by atoms with van der Waals surface area (Å²) in [4.78, 5) is 26.8. The van der Waals surface area contributed by atoms with E-state index in [4.69, 9.17) is 10.9 Å². The van der Waals surface area contributed by atoms with Crippen LogP contribution in [0.4, 0.5) is 0 Å². The molecule has 0 saturated carbocycles. The molecule has 0 bridgehead atoms. The van der Waals surface area contributed by atoms with Crippen LogP contribution in [-0.4, -0.2) is 60.3 Å². The minimum Gasteiger partial charge on any atom is -0.409 e. The molecule has 0 spiro atoms. The van der Waals surface area contributed by atoms with E-state index in [1.54, 1.807) is 44.4 Å². The summed E-state index contributed by atoms with van der Waals surface area (Å²) in [7, 11) is 4.72. The number of carbonyl (C=O) groups excluding carboxylic acids is 2. The molecule has 1 aromatic rings. The van der Waals surface area contributed by atoms with Crippen molar-refractivity contribution < 1.29 is 14.8 Å². The summed E-state index contributed by atoms with van der Waals surface area (Å²) in [5, 5.41) is 11.8. The third kappa shape index (κ3) is 4.20. The Hall–Kier alpha value is -2.57. The largest absolute Gasteiger partial charge is 0.409 e. The van der Waals surface area contributed by atoms with Gasteiger partial charge in [-0.05, 0) is 5.56 Å². The fourth-order valence-corrected chi connectivity index (χ4v) is 1.79. The standard InChI is InChI=1S/C14H20N4O3/c1-17(2)11(19)9-18(3)14(20)12(13(15)16-21)10-7-5-4-6-8-10/h4-8,12,21H,9H2,1-3H3,(H2,15,16). The van der Waals surface area contributed by atoms with Crippen LogP contribution in [0.3, 0.4) is 0 Å². The monoisotopic (exact) mass is 292 g/mol. The van der Waals surface area contributed by atoms with Gasteiger partial charge in [0.25, 0.3) is 0 Å². The molecule has 114 valence electrons. The lowest BCUT2D eigenvalue weighted by molar-refractivity contribution is -0.138. The molecule has 7 nitrogen and oxygen atoms in total. The molecule has 7 heteroatoms. The van der Waals surface area contributed by atoms with Crippen molar-refractivity contribution in [1.82, 2.24) is 9.80 Å². The highest BCUT2D eigenvalue weighted by molar-refractivity contribution is 6.07. The van der Waals surface area contributed by atoms with E-state index in [0.717, 1.165) is 0 Å². The highest BCUT2D eigenvalue weighted by atomic mass is 16.4. The van der Waals surface area contributed by atoms with E-state index in [1.165, 1.54) is 16.8 Å². The molecule has 1 rings (SSSR count). The van der Waals surface area contributed by atoms with E-state index >= 15 is 0 Å². The van der Waals surface area contributed by atoms with Crippen molar-refractivity contribution in [3.05, 3.63) is 35.9 Å². The minimum absolute atomic E-state index is 0.0755. The Labute approximate surface area is 123 Å². The maximum atomic E-state index is 12.5. The van der Waals surface area contributed by atoms with Gasteiger partial charge in [-0.3, -0.25) is 9.59 Å². The Bertz CT molecular complexity index is 528. The number of amides is 2. The zero-order valence-electron chi connectivity index (χ0n) is 12.4. The lowest BCUT2D eigenvalue weighted by atomic mass is 9.96. The van der Waals surface area contributed by atoms with Crippen LogP contribution >= 0.6 is 0 Å². The van der Waals surface area contributed by atoms with Gasteiger partial charge in [0, 0.05) is 21.1 Å². The van der Waals surface area contributed by atoms with Crippen molar-refractivity contribution in [3.8, 4) is 0 Å². The van der Waals surface area contributed by atoms with Gasteiger partial charge in [-0.1, -0.05) is 35.5 Å². The molecule has 0 aliphatic rings. The second-order valence-electron chi connectivity index (χ2n) is 4.85. The maximum absolute atomic E-state index is 12.5. The van der Waals surface area contributed by atoms with Crippen molar-refractivity contribution >= 4 is 17.6 Å². The van der Waals surface area contributed by atoms with Crippen LogP contribution in [0.25, 0.3) is 0 Å². The summed E-state index contributed by atoms with van der Waals surface area (Å²) < 4.78 is 0. The van der Waals surface area contributed by atoms with Gasteiger partial charge in [-0.15, -0.1) is 0 Å². The van der Waals surface area contributed by atoms with Crippen LogP contribution in [-0.2, 0) is 9.59 Å².